The summed E-state index contributed by atoms with van der Waals surface area (Å²) in [6.07, 6.45) is 2.50. The van der Waals surface area contributed by atoms with Gasteiger partial charge < -0.3 is 16.0 Å². The van der Waals surface area contributed by atoms with Gasteiger partial charge in [0.15, 0.2) is 0 Å². The lowest BCUT2D eigenvalue weighted by Crippen LogP contribution is -2.75. The van der Waals surface area contributed by atoms with Crippen molar-refractivity contribution in [3.05, 3.63) is 35.9 Å². The Balaban J connectivity index is 1.44. The van der Waals surface area contributed by atoms with E-state index in [1.54, 1.807) is 0 Å². The normalized spacial score (nSPS) is 32.7. The number of nitrogens with one attached hydrogen (secondary N) is 4. The van der Waals surface area contributed by atoms with Crippen LogP contribution < -0.4 is 21.3 Å². The summed E-state index contributed by atoms with van der Waals surface area (Å²) in [5.74, 6) is -1.97. The van der Waals surface area contributed by atoms with Crippen LogP contribution in [0, 0.1) is 11.8 Å². The zero-order valence-corrected chi connectivity index (χ0v) is 16.7. The molecule has 29 heavy (non-hydrogen) atoms. The summed E-state index contributed by atoms with van der Waals surface area (Å²) < 4.78 is 0. The van der Waals surface area contributed by atoms with Gasteiger partial charge in [-0.2, -0.15) is 0 Å². The Hall–Kier alpha value is -2.45. The second kappa shape index (κ2) is 8.51. The molecule has 3 aliphatic heterocycles. The first kappa shape index (κ1) is 19.8. The van der Waals surface area contributed by atoms with Crippen LogP contribution in [0.25, 0.3) is 0 Å². The SMILES string of the molecule is CC1CCCCN1C1NC(=O)C2C(NC(=O)CC2C(=O)NCc2ccccc2)N1. The van der Waals surface area contributed by atoms with Gasteiger partial charge in [0.05, 0.1) is 18.0 Å². The van der Waals surface area contributed by atoms with Crippen LogP contribution in [0.5, 0.6) is 0 Å². The molecule has 4 N–H and O–H groups in total. The minimum Gasteiger partial charge on any atom is -0.352 e. The number of carbonyl (C=O) groups is 3. The zero-order valence-electron chi connectivity index (χ0n) is 16.7. The Morgan fingerprint density at radius 1 is 1.17 bits per heavy atom. The number of fused-ring (bicyclic) bond motifs is 1. The van der Waals surface area contributed by atoms with Gasteiger partial charge in [0.25, 0.3) is 0 Å². The average Bonchev–Trinajstić information content (AvgIpc) is 2.72. The van der Waals surface area contributed by atoms with Gasteiger partial charge in [-0.15, -0.1) is 0 Å². The first-order valence-electron chi connectivity index (χ1n) is 10.5. The number of amides is 3. The number of carbonyl (C=O) groups excluding carboxylic acids is 3. The van der Waals surface area contributed by atoms with Crippen molar-refractivity contribution in [3.63, 3.8) is 0 Å². The second-order valence-corrected chi connectivity index (χ2v) is 8.25. The smallest absolute Gasteiger partial charge is 0.229 e. The summed E-state index contributed by atoms with van der Waals surface area (Å²) in [7, 11) is 0. The summed E-state index contributed by atoms with van der Waals surface area (Å²) in [5, 5.41) is 12.2. The first-order chi connectivity index (χ1) is 14.0. The molecule has 5 atom stereocenters. The molecule has 0 bridgehead atoms. The molecule has 3 fully saturated rings. The lowest BCUT2D eigenvalue weighted by molar-refractivity contribution is -0.150. The predicted octanol–water partition coefficient (Wildman–Crippen LogP) is 0.259. The Morgan fingerprint density at radius 3 is 2.72 bits per heavy atom. The molecule has 3 amide bonds. The Bertz CT molecular complexity index is 771. The van der Waals surface area contributed by atoms with Gasteiger partial charge in [0.2, 0.25) is 17.7 Å². The largest absolute Gasteiger partial charge is 0.352 e. The summed E-state index contributed by atoms with van der Waals surface area (Å²) in [6, 6.07) is 9.94. The highest BCUT2D eigenvalue weighted by Gasteiger charge is 2.49. The number of benzene rings is 1. The number of hydrogen-bond donors (Lipinski definition) is 4. The maximum atomic E-state index is 13.0. The molecule has 1 aromatic rings. The van der Waals surface area contributed by atoms with Crippen molar-refractivity contribution in [1.29, 1.82) is 0 Å². The molecular weight excluding hydrogens is 370 g/mol. The van der Waals surface area contributed by atoms with Crippen LogP contribution in [0.2, 0.25) is 0 Å². The standard InChI is InChI=1S/C21H29N5O3/c1-13-7-5-6-10-26(13)21-24-18-17(20(29)25-21)15(11-16(27)23-18)19(28)22-12-14-8-3-2-4-9-14/h2-4,8-9,13,15,17-18,21,24H,5-7,10-12H2,1H3,(H,22,28)(H,23,27)(H,25,29). The molecule has 1 aromatic carbocycles. The van der Waals surface area contributed by atoms with E-state index in [1.807, 2.05) is 30.3 Å². The fraction of sp³-hybridized carbons (Fsp3) is 0.571. The molecule has 0 saturated carbocycles. The van der Waals surface area contributed by atoms with E-state index in [4.69, 9.17) is 0 Å². The van der Waals surface area contributed by atoms with Gasteiger partial charge in [-0.3, -0.25) is 24.6 Å². The van der Waals surface area contributed by atoms with Gasteiger partial charge in [0, 0.05) is 25.6 Å². The third-order valence-corrected chi connectivity index (χ3v) is 6.27. The molecule has 4 rings (SSSR count). The van der Waals surface area contributed by atoms with E-state index in [0.29, 0.717) is 12.6 Å². The highest BCUT2D eigenvalue weighted by molar-refractivity contribution is 5.94. The molecule has 8 heteroatoms. The fourth-order valence-corrected chi connectivity index (χ4v) is 4.66. The van der Waals surface area contributed by atoms with Crippen LogP contribution in [-0.4, -0.2) is 47.7 Å². The van der Waals surface area contributed by atoms with Crippen LogP contribution in [0.4, 0.5) is 0 Å². The minimum absolute atomic E-state index is 0.0155. The van der Waals surface area contributed by atoms with Crippen molar-refractivity contribution in [2.75, 3.05) is 6.54 Å². The van der Waals surface area contributed by atoms with Gasteiger partial charge >= 0.3 is 0 Å². The maximum Gasteiger partial charge on any atom is 0.229 e. The van der Waals surface area contributed by atoms with E-state index in [1.165, 1.54) is 6.42 Å². The van der Waals surface area contributed by atoms with Crippen LogP contribution in [0.1, 0.15) is 38.2 Å². The average molecular weight is 399 g/mol. The Labute approximate surface area is 170 Å². The van der Waals surface area contributed by atoms with Gasteiger partial charge in [-0.05, 0) is 25.3 Å². The van der Waals surface area contributed by atoms with Gasteiger partial charge in [-0.25, -0.2) is 0 Å². The number of likely N-dealkylation sites (tertiary alicyclic amines) is 1. The first-order valence-corrected chi connectivity index (χ1v) is 10.5. The quantitative estimate of drug-likeness (QED) is 0.582. The predicted molar refractivity (Wildman–Crippen MR) is 107 cm³/mol. The molecule has 3 heterocycles. The van der Waals surface area contributed by atoms with E-state index < -0.39 is 18.0 Å². The third-order valence-electron chi connectivity index (χ3n) is 6.27. The summed E-state index contributed by atoms with van der Waals surface area (Å²) in [6.45, 7) is 3.42. The van der Waals surface area contributed by atoms with E-state index in [9.17, 15) is 14.4 Å². The molecule has 0 aliphatic carbocycles. The molecule has 0 radical (unpaired) electrons. The topological polar surface area (TPSA) is 103 Å². The summed E-state index contributed by atoms with van der Waals surface area (Å²) in [4.78, 5) is 40.3. The molecule has 156 valence electrons. The van der Waals surface area contributed by atoms with E-state index in [0.717, 1.165) is 24.9 Å². The fourth-order valence-electron chi connectivity index (χ4n) is 4.66. The van der Waals surface area contributed by atoms with Crippen molar-refractivity contribution in [2.45, 2.75) is 57.6 Å². The Kier molecular flexibility index (Phi) is 5.82. The maximum absolute atomic E-state index is 13.0. The van der Waals surface area contributed by atoms with Crippen LogP contribution in [-0.2, 0) is 20.9 Å². The van der Waals surface area contributed by atoms with E-state index >= 15 is 0 Å². The molecule has 0 spiro atoms. The van der Waals surface area contributed by atoms with Crippen molar-refractivity contribution in [3.8, 4) is 0 Å². The second-order valence-electron chi connectivity index (χ2n) is 8.25. The van der Waals surface area contributed by atoms with Crippen molar-refractivity contribution in [1.82, 2.24) is 26.2 Å². The van der Waals surface area contributed by atoms with Crippen LogP contribution in [0.3, 0.4) is 0 Å². The molecule has 3 saturated heterocycles. The number of hydrogen-bond acceptors (Lipinski definition) is 5. The molecule has 5 unspecified atom stereocenters. The van der Waals surface area contributed by atoms with Crippen LogP contribution in [0.15, 0.2) is 30.3 Å². The number of piperidine rings is 2. The summed E-state index contributed by atoms with van der Waals surface area (Å²) >= 11 is 0. The lowest BCUT2D eigenvalue weighted by Gasteiger charge is -2.48. The molecule has 3 aliphatic rings. The van der Waals surface area contributed by atoms with Gasteiger partial charge in [0.1, 0.15) is 6.29 Å². The zero-order chi connectivity index (χ0) is 20.4. The summed E-state index contributed by atoms with van der Waals surface area (Å²) in [5.41, 5.74) is 0.975. The van der Waals surface area contributed by atoms with Crippen molar-refractivity contribution < 1.29 is 14.4 Å². The molecule has 0 aromatic heterocycles. The van der Waals surface area contributed by atoms with Crippen molar-refractivity contribution >= 4 is 17.7 Å². The minimum atomic E-state index is -0.690. The van der Waals surface area contributed by atoms with E-state index in [2.05, 4.69) is 33.1 Å². The van der Waals surface area contributed by atoms with Gasteiger partial charge in [-0.1, -0.05) is 36.8 Å². The number of rotatable bonds is 4. The monoisotopic (exact) mass is 399 g/mol. The Morgan fingerprint density at radius 2 is 1.97 bits per heavy atom. The highest BCUT2D eigenvalue weighted by atomic mass is 16.2. The highest BCUT2D eigenvalue weighted by Crippen LogP contribution is 2.28. The van der Waals surface area contributed by atoms with E-state index in [-0.39, 0.29) is 30.4 Å². The molecule has 8 nitrogen and oxygen atoms in total. The lowest BCUT2D eigenvalue weighted by atomic mass is 9.81. The third kappa shape index (κ3) is 4.28. The van der Waals surface area contributed by atoms with Crippen LogP contribution >= 0.6 is 0 Å². The number of nitrogens with zero attached hydrogens (tertiary/aromatic N) is 1. The molecular formula is C21H29N5O3. The van der Waals surface area contributed by atoms with Crippen molar-refractivity contribution in [2.24, 2.45) is 11.8 Å².